The van der Waals surface area contributed by atoms with Gasteiger partial charge in [-0.15, -0.1) is 0 Å². The summed E-state index contributed by atoms with van der Waals surface area (Å²) < 4.78 is 7.34. The highest BCUT2D eigenvalue weighted by Crippen LogP contribution is 2.32. The molecule has 0 spiro atoms. The van der Waals surface area contributed by atoms with Crippen LogP contribution >= 0.6 is 11.6 Å². The molecule has 0 unspecified atom stereocenters. The third kappa shape index (κ3) is 3.83. The van der Waals surface area contributed by atoms with Crippen LogP contribution in [0, 0.1) is 0 Å². The molecule has 5 nitrogen and oxygen atoms in total. The molecule has 0 aliphatic rings. The molecule has 0 fully saturated rings. The molecule has 4 rings (SSSR count). The Morgan fingerprint density at radius 3 is 2.31 bits per heavy atom. The van der Waals surface area contributed by atoms with Gasteiger partial charge in [0.05, 0.1) is 5.69 Å². The summed E-state index contributed by atoms with van der Waals surface area (Å²) in [6.07, 6.45) is 3.39. The highest BCUT2D eigenvalue weighted by atomic mass is 35.5. The van der Waals surface area contributed by atoms with Crippen molar-refractivity contribution >= 4 is 17.4 Å². The predicted molar refractivity (Wildman–Crippen MR) is 113 cm³/mol. The van der Waals surface area contributed by atoms with E-state index in [0.717, 1.165) is 11.1 Å². The van der Waals surface area contributed by atoms with Gasteiger partial charge in [0.15, 0.2) is 0 Å². The van der Waals surface area contributed by atoms with Crippen LogP contribution in [0.15, 0.2) is 79.1 Å². The van der Waals surface area contributed by atoms with Crippen molar-refractivity contribution in [1.29, 1.82) is 0 Å². The summed E-state index contributed by atoms with van der Waals surface area (Å²) in [7, 11) is 1.61. The maximum absolute atomic E-state index is 13.3. The van der Waals surface area contributed by atoms with E-state index in [4.69, 9.17) is 21.3 Å². The third-order valence-corrected chi connectivity index (χ3v) is 4.79. The van der Waals surface area contributed by atoms with E-state index in [1.165, 1.54) is 0 Å². The normalized spacial score (nSPS) is 10.8. The molecule has 0 atom stereocenters. The number of halogens is 1. The van der Waals surface area contributed by atoms with Gasteiger partial charge in [0.25, 0.3) is 0 Å². The van der Waals surface area contributed by atoms with Crippen LogP contribution in [0.25, 0.3) is 22.6 Å². The van der Waals surface area contributed by atoms with Crippen molar-refractivity contribution in [3.05, 3.63) is 95.4 Å². The number of carbonyl (C=O) groups is 1. The molecule has 144 valence electrons. The van der Waals surface area contributed by atoms with E-state index >= 15 is 0 Å². The van der Waals surface area contributed by atoms with Crippen LogP contribution in [-0.2, 0) is 11.5 Å². The summed E-state index contributed by atoms with van der Waals surface area (Å²) in [5.41, 5.74) is 3.31. The topological polar surface area (TPSA) is 57.0 Å². The number of pyridine rings is 1. The summed E-state index contributed by atoms with van der Waals surface area (Å²) >= 11 is 6.05. The molecule has 0 bridgehead atoms. The van der Waals surface area contributed by atoms with Crippen LogP contribution < -0.4 is 0 Å². The van der Waals surface area contributed by atoms with Crippen LogP contribution in [0.1, 0.15) is 16.1 Å². The van der Waals surface area contributed by atoms with Crippen LogP contribution in [0.4, 0.5) is 0 Å². The summed E-state index contributed by atoms with van der Waals surface area (Å²) in [6, 6.07) is 20.2. The quantitative estimate of drug-likeness (QED) is 0.420. The van der Waals surface area contributed by atoms with Gasteiger partial charge in [0.2, 0.25) is 5.78 Å². The molecule has 0 saturated heterocycles. The Morgan fingerprint density at radius 2 is 1.66 bits per heavy atom. The van der Waals surface area contributed by atoms with Crippen LogP contribution in [0.5, 0.6) is 0 Å². The van der Waals surface area contributed by atoms with Gasteiger partial charge in [0.1, 0.15) is 18.2 Å². The number of benzene rings is 2. The van der Waals surface area contributed by atoms with Crippen LogP contribution in [0.2, 0.25) is 5.02 Å². The highest BCUT2D eigenvalue weighted by molar-refractivity contribution is 6.30. The lowest BCUT2D eigenvalue weighted by atomic mass is 10.0. The number of ketones is 1. The Hall–Kier alpha value is -3.28. The van der Waals surface area contributed by atoms with Gasteiger partial charge < -0.3 is 4.74 Å². The fourth-order valence-corrected chi connectivity index (χ4v) is 3.34. The van der Waals surface area contributed by atoms with Crippen molar-refractivity contribution in [2.45, 2.75) is 6.73 Å². The largest absolute Gasteiger partial charge is 0.364 e. The molecule has 2 aromatic carbocycles. The molecule has 4 aromatic rings. The molecule has 2 heterocycles. The number of carbonyl (C=O) groups excluding carboxylic acids is 1. The fraction of sp³-hybridized carbons (Fsp3) is 0.0870. The first kappa shape index (κ1) is 19.1. The van der Waals surface area contributed by atoms with Gasteiger partial charge in [-0.25, -0.2) is 4.98 Å². The molecule has 0 radical (unpaired) electrons. The van der Waals surface area contributed by atoms with E-state index in [1.807, 2.05) is 47.0 Å². The van der Waals surface area contributed by atoms with E-state index in [-0.39, 0.29) is 12.5 Å². The van der Waals surface area contributed by atoms with E-state index in [1.54, 1.807) is 43.8 Å². The number of hydrogen-bond acceptors (Lipinski definition) is 4. The number of imidazole rings is 1. The minimum atomic E-state index is -0.150. The summed E-state index contributed by atoms with van der Waals surface area (Å²) in [5, 5.41) is 0.633. The second kappa shape index (κ2) is 8.39. The van der Waals surface area contributed by atoms with Crippen molar-refractivity contribution in [2.24, 2.45) is 0 Å². The molecule has 0 N–H and O–H groups in total. The Labute approximate surface area is 173 Å². The number of nitrogens with zero attached hydrogens (tertiary/aromatic N) is 3. The lowest BCUT2D eigenvalue weighted by Gasteiger charge is -2.12. The van der Waals surface area contributed by atoms with E-state index in [0.29, 0.717) is 27.8 Å². The zero-order valence-corrected chi connectivity index (χ0v) is 16.5. The number of aromatic nitrogens is 3. The summed E-state index contributed by atoms with van der Waals surface area (Å²) in [4.78, 5) is 22.2. The third-order valence-electron chi connectivity index (χ3n) is 4.53. The number of rotatable bonds is 6. The van der Waals surface area contributed by atoms with Gasteiger partial charge in [-0.2, -0.15) is 0 Å². The Bertz CT molecular complexity index is 1120. The average molecular weight is 404 g/mol. The first-order valence-corrected chi connectivity index (χ1v) is 9.42. The van der Waals surface area contributed by atoms with Gasteiger partial charge >= 0.3 is 0 Å². The van der Waals surface area contributed by atoms with Gasteiger partial charge in [-0.05, 0) is 36.4 Å². The SMILES string of the molecule is COCn1c(-c2ccc(Cl)cc2)nc(C(=O)c2ccccc2)c1-c1ccncc1. The second-order valence-electron chi connectivity index (χ2n) is 6.42. The zero-order valence-electron chi connectivity index (χ0n) is 15.7. The minimum Gasteiger partial charge on any atom is -0.364 e. The maximum atomic E-state index is 13.3. The molecule has 2 aromatic heterocycles. The van der Waals surface area contributed by atoms with Crippen molar-refractivity contribution < 1.29 is 9.53 Å². The monoisotopic (exact) mass is 403 g/mol. The molecule has 29 heavy (non-hydrogen) atoms. The number of hydrogen-bond donors (Lipinski definition) is 0. The Morgan fingerprint density at radius 1 is 0.966 bits per heavy atom. The predicted octanol–water partition coefficient (Wildman–Crippen LogP) is 5.10. The van der Waals surface area contributed by atoms with Crippen molar-refractivity contribution in [1.82, 2.24) is 14.5 Å². The van der Waals surface area contributed by atoms with E-state index in [9.17, 15) is 4.79 Å². The van der Waals surface area contributed by atoms with Gasteiger partial charge in [-0.3, -0.25) is 14.3 Å². The van der Waals surface area contributed by atoms with Crippen molar-refractivity contribution in [3.63, 3.8) is 0 Å². The lowest BCUT2D eigenvalue weighted by molar-refractivity contribution is 0.103. The number of methoxy groups -OCH3 is 1. The highest BCUT2D eigenvalue weighted by Gasteiger charge is 2.25. The maximum Gasteiger partial charge on any atom is 0.213 e. The summed E-state index contributed by atoms with van der Waals surface area (Å²) in [6.45, 7) is 0.241. The second-order valence-corrected chi connectivity index (χ2v) is 6.85. The minimum absolute atomic E-state index is 0.150. The van der Waals surface area contributed by atoms with Crippen LogP contribution in [-0.4, -0.2) is 27.4 Å². The van der Waals surface area contributed by atoms with Gasteiger partial charge in [0, 0.05) is 41.2 Å². The van der Waals surface area contributed by atoms with E-state index in [2.05, 4.69) is 4.98 Å². The first-order chi connectivity index (χ1) is 14.2. The Balaban J connectivity index is 1.97. The molecule has 0 amide bonds. The van der Waals surface area contributed by atoms with Crippen molar-refractivity contribution in [3.8, 4) is 22.6 Å². The molecule has 0 saturated carbocycles. The Kier molecular flexibility index (Phi) is 5.51. The van der Waals surface area contributed by atoms with Gasteiger partial charge in [-0.1, -0.05) is 41.9 Å². The first-order valence-electron chi connectivity index (χ1n) is 9.04. The summed E-state index contributed by atoms with van der Waals surface area (Å²) in [5.74, 6) is 0.483. The molecular formula is C23H18ClN3O2. The standard InChI is InChI=1S/C23H18ClN3O2/c1-29-15-27-21(16-11-13-25-14-12-16)20(22(28)17-5-3-2-4-6-17)26-23(27)18-7-9-19(24)10-8-18/h2-14H,15H2,1H3. The van der Waals surface area contributed by atoms with Crippen LogP contribution in [0.3, 0.4) is 0 Å². The molecule has 0 aliphatic heterocycles. The molecule has 6 heteroatoms. The average Bonchev–Trinajstić information content (AvgIpc) is 3.14. The molecular weight excluding hydrogens is 386 g/mol. The smallest absolute Gasteiger partial charge is 0.213 e. The fourth-order valence-electron chi connectivity index (χ4n) is 3.21. The number of ether oxygens (including phenoxy) is 1. The van der Waals surface area contributed by atoms with E-state index < -0.39 is 0 Å². The zero-order chi connectivity index (χ0) is 20.2. The van der Waals surface area contributed by atoms with Crippen molar-refractivity contribution in [2.75, 3.05) is 7.11 Å². The lowest BCUT2D eigenvalue weighted by Crippen LogP contribution is -2.07. The molecule has 0 aliphatic carbocycles.